The van der Waals surface area contributed by atoms with Crippen LogP contribution in [-0.4, -0.2) is 24.1 Å². The van der Waals surface area contributed by atoms with E-state index in [-0.39, 0.29) is 11.0 Å². The molecule has 1 aliphatic rings. The highest BCUT2D eigenvalue weighted by Gasteiger charge is 2.42. The van der Waals surface area contributed by atoms with Crippen LogP contribution in [0.4, 0.5) is 5.82 Å². The molecule has 0 unspecified atom stereocenters. The smallest absolute Gasteiger partial charge is 0.162 e. The summed E-state index contributed by atoms with van der Waals surface area (Å²) in [6.45, 7) is 6.50. The van der Waals surface area contributed by atoms with Gasteiger partial charge in [-0.25, -0.2) is 9.97 Å². The molecule has 0 saturated heterocycles. The van der Waals surface area contributed by atoms with Crippen molar-refractivity contribution in [2.75, 3.05) is 19.5 Å². The molecule has 1 fully saturated rings. The molecule has 1 saturated carbocycles. The zero-order valence-electron chi connectivity index (χ0n) is 12.0. The first-order valence-corrected chi connectivity index (χ1v) is 6.54. The molecule has 0 radical (unpaired) electrons. The molecule has 0 amide bonds. The number of rotatable bonds is 3. The number of hydrogen-bond acceptors (Lipinski definition) is 4. The topological polar surface area (TPSA) is 47.0 Å². The van der Waals surface area contributed by atoms with E-state index in [0.29, 0.717) is 0 Å². The van der Waals surface area contributed by atoms with Crippen molar-refractivity contribution >= 4 is 5.82 Å². The Kier molecular flexibility index (Phi) is 3.32. The molecule has 0 aromatic carbocycles. The molecule has 1 aromatic heterocycles. The quantitative estimate of drug-likeness (QED) is 0.894. The molecule has 4 heteroatoms. The molecule has 1 aromatic rings. The molecular formula is C14H23N3O. The Bertz CT molecular complexity index is 428. The van der Waals surface area contributed by atoms with Gasteiger partial charge in [0.05, 0.1) is 5.69 Å². The molecule has 100 valence electrons. The van der Waals surface area contributed by atoms with Gasteiger partial charge in [0.1, 0.15) is 11.4 Å². The zero-order chi connectivity index (χ0) is 13.4. The minimum absolute atomic E-state index is 0.0158. The second kappa shape index (κ2) is 4.50. The van der Waals surface area contributed by atoms with Gasteiger partial charge in [0.25, 0.3) is 0 Å². The monoisotopic (exact) mass is 249 g/mol. The van der Waals surface area contributed by atoms with Gasteiger partial charge >= 0.3 is 0 Å². The first kappa shape index (κ1) is 13.3. The fourth-order valence-electron chi connectivity index (χ4n) is 2.18. The van der Waals surface area contributed by atoms with Crippen LogP contribution in [0.1, 0.15) is 51.6 Å². The van der Waals surface area contributed by atoms with E-state index in [2.05, 4.69) is 31.1 Å². The van der Waals surface area contributed by atoms with E-state index >= 15 is 0 Å². The summed E-state index contributed by atoms with van der Waals surface area (Å²) in [5, 5.41) is 3.12. The van der Waals surface area contributed by atoms with Crippen LogP contribution in [0.2, 0.25) is 0 Å². The largest absolute Gasteiger partial charge is 0.373 e. The molecule has 0 aliphatic heterocycles. The minimum atomic E-state index is -0.257. The van der Waals surface area contributed by atoms with Crippen molar-refractivity contribution in [3.05, 3.63) is 17.6 Å². The van der Waals surface area contributed by atoms with Crippen LogP contribution in [0.5, 0.6) is 0 Å². The fraction of sp³-hybridized carbons (Fsp3) is 0.714. The summed E-state index contributed by atoms with van der Waals surface area (Å²) >= 11 is 0. The summed E-state index contributed by atoms with van der Waals surface area (Å²) in [5.41, 5.74) is 0.814. The third-order valence-corrected chi connectivity index (χ3v) is 3.71. The van der Waals surface area contributed by atoms with Gasteiger partial charge < -0.3 is 10.1 Å². The molecule has 0 atom stereocenters. The lowest BCUT2D eigenvalue weighted by Gasteiger charge is -2.39. The molecular weight excluding hydrogens is 226 g/mol. The van der Waals surface area contributed by atoms with Crippen molar-refractivity contribution in [1.29, 1.82) is 0 Å². The molecule has 18 heavy (non-hydrogen) atoms. The Hall–Kier alpha value is -1.16. The number of hydrogen-bond donors (Lipinski definition) is 1. The van der Waals surface area contributed by atoms with E-state index in [1.54, 1.807) is 7.11 Å². The van der Waals surface area contributed by atoms with E-state index in [1.807, 2.05) is 13.1 Å². The normalized spacial score (nSPS) is 18.3. The van der Waals surface area contributed by atoms with Crippen LogP contribution in [0, 0.1) is 0 Å². The third kappa shape index (κ3) is 2.21. The highest BCUT2D eigenvalue weighted by molar-refractivity contribution is 5.38. The summed E-state index contributed by atoms with van der Waals surface area (Å²) < 4.78 is 5.67. The molecule has 0 spiro atoms. The fourth-order valence-corrected chi connectivity index (χ4v) is 2.18. The van der Waals surface area contributed by atoms with Gasteiger partial charge in [0.2, 0.25) is 0 Å². The summed E-state index contributed by atoms with van der Waals surface area (Å²) in [7, 11) is 3.64. The van der Waals surface area contributed by atoms with Crippen molar-refractivity contribution in [3.63, 3.8) is 0 Å². The van der Waals surface area contributed by atoms with Crippen LogP contribution in [0.25, 0.3) is 0 Å². The second-order valence-corrected chi connectivity index (χ2v) is 6.01. The summed E-state index contributed by atoms with van der Waals surface area (Å²) in [5.74, 6) is 1.70. The Balaban J connectivity index is 2.47. The molecule has 0 bridgehead atoms. The van der Waals surface area contributed by atoms with Gasteiger partial charge in [-0.2, -0.15) is 0 Å². The van der Waals surface area contributed by atoms with E-state index in [1.165, 1.54) is 6.42 Å². The van der Waals surface area contributed by atoms with E-state index < -0.39 is 0 Å². The summed E-state index contributed by atoms with van der Waals surface area (Å²) in [6, 6.07) is 2.02. The Morgan fingerprint density at radius 1 is 1.28 bits per heavy atom. The predicted molar refractivity (Wildman–Crippen MR) is 72.8 cm³/mol. The van der Waals surface area contributed by atoms with Crippen molar-refractivity contribution in [2.24, 2.45) is 0 Å². The van der Waals surface area contributed by atoms with Crippen molar-refractivity contribution in [1.82, 2.24) is 9.97 Å². The van der Waals surface area contributed by atoms with Crippen LogP contribution >= 0.6 is 0 Å². The zero-order valence-corrected chi connectivity index (χ0v) is 12.0. The lowest BCUT2D eigenvalue weighted by Crippen LogP contribution is -2.38. The van der Waals surface area contributed by atoms with Gasteiger partial charge in [0.15, 0.2) is 5.82 Å². The van der Waals surface area contributed by atoms with Gasteiger partial charge in [0, 0.05) is 25.6 Å². The number of aromatic nitrogens is 2. The summed E-state index contributed by atoms with van der Waals surface area (Å²) in [4.78, 5) is 9.32. The first-order chi connectivity index (χ1) is 8.41. The van der Waals surface area contributed by atoms with Gasteiger partial charge in [-0.1, -0.05) is 20.8 Å². The van der Waals surface area contributed by atoms with Gasteiger partial charge in [-0.15, -0.1) is 0 Å². The first-order valence-electron chi connectivity index (χ1n) is 6.54. The molecule has 1 N–H and O–H groups in total. The van der Waals surface area contributed by atoms with Crippen molar-refractivity contribution in [2.45, 2.75) is 51.0 Å². The average molecular weight is 249 g/mol. The number of nitrogens with one attached hydrogen (secondary N) is 1. The number of anilines is 1. The number of nitrogens with zero attached hydrogens (tertiary/aromatic N) is 2. The molecule has 1 heterocycles. The lowest BCUT2D eigenvalue weighted by atomic mass is 9.79. The van der Waals surface area contributed by atoms with Crippen LogP contribution in [-0.2, 0) is 15.8 Å². The van der Waals surface area contributed by atoms with Crippen LogP contribution in [0.3, 0.4) is 0 Å². The van der Waals surface area contributed by atoms with Crippen LogP contribution in [0.15, 0.2) is 6.07 Å². The predicted octanol–water partition coefficient (Wildman–Crippen LogP) is 2.84. The average Bonchev–Trinajstić information content (AvgIpc) is 2.27. The van der Waals surface area contributed by atoms with E-state index in [9.17, 15) is 0 Å². The van der Waals surface area contributed by atoms with Gasteiger partial charge in [-0.05, 0) is 19.3 Å². The van der Waals surface area contributed by atoms with E-state index in [4.69, 9.17) is 9.72 Å². The third-order valence-electron chi connectivity index (χ3n) is 3.71. The molecule has 1 aliphatic carbocycles. The Morgan fingerprint density at radius 2 is 1.94 bits per heavy atom. The standard InChI is InChI=1S/C14H23N3O/c1-13(2,3)10-9-11(15-4)17-12(16-10)14(18-5)7-6-8-14/h9H,6-8H2,1-5H3,(H,15,16,17). The minimum Gasteiger partial charge on any atom is -0.373 e. The number of ether oxygens (including phenoxy) is 1. The lowest BCUT2D eigenvalue weighted by molar-refractivity contribution is -0.0847. The van der Waals surface area contributed by atoms with Gasteiger partial charge in [-0.3, -0.25) is 0 Å². The Labute approximate surface area is 109 Å². The highest BCUT2D eigenvalue weighted by atomic mass is 16.5. The summed E-state index contributed by atoms with van der Waals surface area (Å²) in [6.07, 6.45) is 3.21. The maximum absolute atomic E-state index is 5.67. The second-order valence-electron chi connectivity index (χ2n) is 6.01. The van der Waals surface area contributed by atoms with Crippen molar-refractivity contribution in [3.8, 4) is 0 Å². The maximum atomic E-state index is 5.67. The molecule has 2 rings (SSSR count). The SMILES string of the molecule is CNc1cc(C(C)(C)C)nc(C2(OC)CCC2)n1. The highest BCUT2D eigenvalue weighted by Crippen LogP contribution is 2.43. The van der Waals surface area contributed by atoms with Crippen LogP contribution < -0.4 is 5.32 Å². The van der Waals surface area contributed by atoms with Crippen molar-refractivity contribution < 1.29 is 4.74 Å². The number of methoxy groups -OCH3 is 1. The molecule has 4 nitrogen and oxygen atoms in total. The maximum Gasteiger partial charge on any atom is 0.162 e. The Morgan fingerprint density at radius 3 is 2.33 bits per heavy atom. The van der Waals surface area contributed by atoms with E-state index in [0.717, 1.165) is 30.2 Å².